The highest BCUT2D eigenvalue weighted by atomic mass is 35.5. The van der Waals surface area contributed by atoms with Crippen molar-refractivity contribution in [1.82, 2.24) is 0 Å². The monoisotopic (exact) mass is 212 g/mol. The highest BCUT2D eigenvalue weighted by molar-refractivity contribution is 6.63. The molecule has 2 nitrogen and oxygen atoms in total. The molecular weight excluding hydrogens is 200 g/mol. The molecule has 0 N–H and O–H groups in total. The van der Waals surface area contributed by atoms with Gasteiger partial charge >= 0.3 is 0 Å². The summed E-state index contributed by atoms with van der Waals surface area (Å²) in [5.74, 6) is 0. The Morgan fingerprint density at radius 2 is 2.14 bits per heavy atom. The molecule has 0 fully saturated rings. The van der Waals surface area contributed by atoms with Crippen LogP contribution in [0.15, 0.2) is 24.3 Å². The summed E-state index contributed by atoms with van der Waals surface area (Å²) < 4.78 is 5.26. The molecule has 1 rings (SSSR count). The van der Waals surface area contributed by atoms with E-state index in [1.807, 2.05) is 31.2 Å². The molecule has 3 heteroatoms. The highest BCUT2D eigenvalue weighted by Crippen LogP contribution is 2.08. The molecule has 0 aromatic heterocycles. The Kier molecular flexibility index (Phi) is 4.63. The largest absolute Gasteiger partial charge is 0.377 e. The Morgan fingerprint density at radius 1 is 1.43 bits per heavy atom. The van der Waals surface area contributed by atoms with E-state index in [-0.39, 0.29) is 11.7 Å². The molecule has 0 amide bonds. The van der Waals surface area contributed by atoms with Gasteiger partial charge in [0, 0.05) is 13.0 Å². The molecule has 0 radical (unpaired) electrons. The molecule has 14 heavy (non-hydrogen) atoms. The van der Waals surface area contributed by atoms with Crippen LogP contribution in [0.1, 0.15) is 18.1 Å². The van der Waals surface area contributed by atoms with Crippen molar-refractivity contribution in [1.29, 1.82) is 0 Å². The molecule has 1 aromatic rings. The van der Waals surface area contributed by atoms with E-state index in [1.165, 1.54) is 0 Å². The van der Waals surface area contributed by atoms with E-state index in [9.17, 15) is 4.79 Å². The van der Waals surface area contributed by atoms with Gasteiger partial charge in [-0.1, -0.05) is 24.3 Å². The van der Waals surface area contributed by atoms with Gasteiger partial charge in [0.2, 0.25) is 5.24 Å². The number of ether oxygens (including phenoxy) is 1. The lowest BCUT2D eigenvalue weighted by atomic mass is 10.1. The van der Waals surface area contributed by atoms with Crippen LogP contribution in [0.25, 0.3) is 0 Å². The van der Waals surface area contributed by atoms with Gasteiger partial charge in [0.05, 0.1) is 6.61 Å². The average Bonchev–Trinajstić information content (AvgIpc) is 2.14. The van der Waals surface area contributed by atoms with E-state index in [0.717, 1.165) is 11.1 Å². The van der Waals surface area contributed by atoms with Crippen molar-refractivity contribution in [3.8, 4) is 0 Å². The lowest BCUT2D eigenvalue weighted by molar-refractivity contribution is -0.111. The molecular formula is C11H13ClO2. The molecule has 0 bridgehead atoms. The summed E-state index contributed by atoms with van der Waals surface area (Å²) in [6.07, 6.45) is 0.279. The maximum Gasteiger partial charge on any atom is 0.226 e. The second-order valence-corrected chi connectivity index (χ2v) is 3.41. The van der Waals surface area contributed by atoms with E-state index in [0.29, 0.717) is 13.2 Å². The van der Waals surface area contributed by atoms with Crippen LogP contribution < -0.4 is 0 Å². The van der Waals surface area contributed by atoms with Crippen LogP contribution in [0.4, 0.5) is 0 Å². The van der Waals surface area contributed by atoms with Gasteiger partial charge in [-0.2, -0.15) is 0 Å². The van der Waals surface area contributed by atoms with E-state index in [4.69, 9.17) is 16.3 Å². The van der Waals surface area contributed by atoms with Crippen molar-refractivity contribution < 1.29 is 9.53 Å². The predicted octanol–water partition coefficient (Wildman–Crippen LogP) is 2.53. The third kappa shape index (κ3) is 3.90. The number of rotatable bonds is 5. The Bertz CT molecular complexity index is 310. The fourth-order valence-corrected chi connectivity index (χ4v) is 1.36. The van der Waals surface area contributed by atoms with Gasteiger partial charge in [0.25, 0.3) is 0 Å². The van der Waals surface area contributed by atoms with E-state index < -0.39 is 0 Å². The lowest BCUT2D eigenvalue weighted by Gasteiger charge is -2.03. The summed E-state index contributed by atoms with van der Waals surface area (Å²) in [4.78, 5) is 10.7. The van der Waals surface area contributed by atoms with Gasteiger partial charge in [-0.3, -0.25) is 4.79 Å². The average molecular weight is 213 g/mol. The van der Waals surface area contributed by atoms with Crippen molar-refractivity contribution >= 4 is 16.8 Å². The number of benzene rings is 1. The third-order valence-corrected chi connectivity index (χ3v) is 1.94. The Balaban J connectivity index is 2.63. The van der Waals surface area contributed by atoms with E-state index in [1.54, 1.807) is 0 Å². The number of carbonyl (C=O) groups excluding carboxylic acids is 1. The number of hydrogen-bond acceptors (Lipinski definition) is 2. The first-order valence-corrected chi connectivity index (χ1v) is 4.94. The van der Waals surface area contributed by atoms with Gasteiger partial charge in [-0.15, -0.1) is 0 Å². The zero-order chi connectivity index (χ0) is 10.4. The van der Waals surface area contributed by atoms with Crippen LogP contribution in [-0.2, 0) is 22.6 Å². The van der Waals surface area contributed by atoms with E-state index >= 15 is 0 Å². The molecule has 0 saturated carbocycles. The maximum atomic E-state index is 10.7. The smallest absolute Gasteiger partial charge is 0.226 e. The lowest BCUT2D eigenvalue weighted by Crippen LogP contribution is -1.96. The van der Waals surface area contributed by atoms with Gasteiger partial charge < -0.3 is 4.74 Å². The highest BCUT2D eigenvalue weighted by Gasteiger charge is 2.00. The predicted molar refractivity (Wildman–Crippen MR) is 56.3 cm³/mol. The standard InChI is InChI=1S/C11H13ClO2/c1-2-14-8-10-5-3-4-9(6-10)7-11(12)13/h3-6H,2,7-8H2,1H3. The molecule has 1 aromatic carbocycles. The third-order valence-electron chi connectivity index (χ3n) is 1.81. The molecule has 0 unspecified atom stereocenters. The Morgan fingerprint density at radius 3 is 2.79 bits per heavy atom. The summed E-state index contributed by atoms with van der Waals surface area (Å²) in [5.41, 5.74) is 2.00. The van der Waals surface area contributed by atoms with Crippen molar-refractivity contribution in [2.24, 2.45) is 0 Å². The summed E-state index contributed by atoms with van der Waals surface area (Å²) in [6, 6.07) is 7.70. The number of hydrogen-bond donors (Lipinski definition) is 0. The first-order valence-electron chi connectivity index (χ1n) is 4.56. The van der Waals surface area contributed by atoms with Crippen molar-refractivity contribution in [2.45, 2.75) is 20.0 Å². The summed E-state index contributed by atoms with van der Waals surface area (Å²) in [7, 11) is 0. The van der Waals surface area contributed by atoms with Crippen LogP contribution in [0.2, 0.25) is 0 Å². The Labute approximate surface area is 88.8 Å². The second-order valence-electron chi connectivity index (χ2n) is 2.99. The molecule has 0 atom stereocenters. The molecule has 0 spiro atoms. The van der Waals surface area contributed by atoms with E-state index in [2.05, 4.69) is 0 Å². The van der Waals surface area contributed by atoms with Crippen molar-refractivity contribution in [2.75, 3.05) is 6.61 Å². The van der Waals surface area contributed by atoms with Crippen LogP contribution in [0.5, 0.6) is 0 Å². The first-order chi connectivity index (χ1) is 6.72. The summed E-state index contributed by atoms with van der Waals surface area (Å²) in [5, 5.41) is -0.335. The van der Waals surface area contributed by atoms with Crippen LogP contribution >= 0.6 is 11.6 Å². The minimum atomic E-state index is -0.335. The number of carbonyl (C=O) groups is 1. The van der Waals surface area contributed by atoms with Crippen molar-refractivity contribution in [3.63, 3.8) is 0 Å². The summed E-state index contributed by atoms with van der Waals surface area (Å²) in [6.45, 7) is 3.23. The zero-order valence-electron chi connectivity index (χ0n) is 8.13. The quantitative estimate of drug-likeness (QED) is 0.702. The van der Waals surface area contributed by atoms with Gasteiger partial charge in [-0.25, -0.2) is 0 Å². The molecule has 0 aliphatic carbocycles. The molecule has 0 aliphatic rings. The molecule has 0 heterocycles. The van der Waals surface area contributed by atoms with Gasteiger partial charge in [-0.05, 0) is 29.7 Å². The number of halogens is 1. The molecule has 76 valence electrons. The van der Waals surface area contributed by atoms with Crippen LogP contribution in [-0.4, -0.2) is 11.8 Å². The second kappa shape index (κ2) is 5.78. The minimum Gasteiger partial charge on any atom is -0.377 e. The van der Waals surface area contributed by atoms with Crippen LogP contribution in [0, 0.1) is 0 Å². The van der Waals surface area contributed by atoms with Crippen molar-refractivity contribution in [3.05, 3.63) is 35.4 Å². The zero-order valence-corrected chi connectivity index (χ0v) is 8.88. The topological polar surface area (TPSA) is 26.3 Å². The fourth-order valence-electron chi connectivity index (χ4n) is 1.21. The SMILES string of the molecule is CCOCc1cccc(CC(=O)Cl)c1. The Hall–Kier alpha value is -0.860. The van der Waals surface area contributed by atoms with Crippen LogP contribution in [0.3, 0.4) is 0 Å². The van der Waals surface area contributed by atoms with Gasteiger partial charge in [0.15, 0.2) is 0 Å². The maximum absolute atomic E-state index is 10.7. The minimum absolute atomic E-state index is 0.279. The first kappa shape index (κ1) is 11.2. The van der Waals surface area contributed by atoms with Gasteiger partial charge in [0.1, 0.15) is 0 Å². The molecule has 0 aliphatic heterocycles. The fraction of sp³-hybridized carbons (Fsp3) is 0.364. The molecule has 0 saturated heterocycles. The normalized spacial score (nSPS) is 10.1. The summed E-state index contributed by atoms with van der Waals surface area (Å²) >= 11 is 5.30.